The number of fused-ring (bicyclic) bond motifs is 7. The van der Waals surface area contributed by atoms with Crippen LogP contribution >= 0.6 is 0 Å². The topological polar surface area (TPSA) is 33.5 Å². The number of hydrogen-bond acceptors (Lipinski definition) is 4. The quantitative estimate of drug-likeness (QED) is 0.144. The van der Waals surface area contributed by atoms with Gasteiger partial charge in [0.2, 0.25) is 0 Å². The highest BCUT2D eigenvalue weighted by Gasteiger charge is 2.47. The molecule has 0 spiro atoms. The van der Waals surface area contributed by atoms with E-state index in [1.807, 2.05) is 6.20 Å². The highest BCUT2D eigenvalue weighted by atomic mass is 16.5. The van der Waals surface area contributed by atoms with Crippen LogP contribution < -0.4 is 14.5 Å². The average molecular weight is 1040 g/mol. The molecule has 0 atom stereocenters. The van der Waals surface area contributed by atoms with Gasteiger partial charge in [0.1, 0.15) is 24.0 Å². The van der Waals surface area contributed by atoms with Crippen molar-refractivity contribution in [3.05, 3.63) is 288 Å². The molecule has 12 aromatic rings. The lowest BCUT2D eigenvalue weighted by atomic mass is 9.67. The molecule has 0 N–H and O–H groups in total. The molecule has 14 rings (SSSR count). The number of anilines is 4. The molecule has 1 aliphatic carbocycles. The van der Waals surface area contributed by atoms with Crippen LogP contribution in [0.2, 0.25) is 0 Å². The first-order valence-electron chi connectivity index (χ1n) is 28.0. The Balaban J connectivity index is 0.866. The molecule has 5 nitrogen and oxygen atoms in total. The lowest BCUT2D eigenvalue weighted by molar-refractivity contribution is 0.483. The third-order valence-electron chi connectivity index (χ3n) is 16.7. The van der Waals surface area contributed by atoms with Gasteiger partial charge in [-0.1, -0.05) is 224 Å². The van der Waals surface area contributed by atoms with Gasteiger partial charge in [-0.3, -0.25) is 4.57 Å². The maximum absolute atomic E-state index is 6.98. The normalized spacial score (nSPS) is 13.6. The molecule has 0 saturated carbocycles. The number of para-hydroxylation sites is 4. The van der Waals surface area contributed by atoms with Crippen molar-refractivity contribution in [2.45, 2.75) is 57.8 Å². The summed E-state index contributed by atoms with van der Waals surface area (Å²) < 4.78 is 9.30. The van der Waals surface area contributed by atoms with E-state index in [1.165, 1.54) is 66.9 Å². The van der Waals surface area contributed by atoms with Crippen LogP contribution in [-0.4, -0.2) is 16.2 Å². The second kappa shape index (κ2) is 18.9. The Bertz CT molecular complexity index is 4210. The van der Waals surface area contributed by atoms with Crippen molar-refractivity contribution in [2.75, 3.05) is 16.5 Å². The summed E-state index contributed by atoms with van der Waals surface area (Å²) >= 11 is 0. The Labute approximate surface area is 469 Å². The molecule has 2 aromatic heterocycles. The Morgan fingerprint density at radius 2 is 0.963 bits per heavy atom. The Hall–Kier alpha value is -9.45. The van der Waals surface area contributed by atoms with E-state index in [9.17, 15) is 0 Å². The zero-order valence-electron chi connectivity index (χ0n) is 46.2. The van der Waals surface area contributed by atoms with Gasteiger partial charge in [0.05, 0.1) is 33.5 Å². The van der Waals surface area contributed by atoms with Crippen molar-refractivity contribution < 1.29 is 4.74 Å². The van der Waals surface area contributed by atoms with Crippen molar-refractivity contribution >= 4 is 44.6 Å². The molecule has 0 saturated heterocycles. The van der Waals surface area contributed by atoms with Crippen LogP contribution in [0.3, 0.4) is 0 Å². The maximum atomic E-state index is 6.98. The molecule has 1 aliphatic heterocycles. The summed E-state index contributed by atoms with van der Waals surface area (Å²) in [4.78, 5) is 10.1. The number of nitrogens with zero attached hydrogens (tertiary/aromatic N) is 4. The lowest BCUT2D eigenvalue weighted by Gasteiger charge is -2.34. The zero-order valence-corrected chi connectivity index (χ0v) is 46.2. The molecule has 2 aliphatic rings. The summed E-state index contributed by atoms with van der Waals surface area (Å²) in [6.07, 6.45) is 2.01. The van der Waals surface area contributed by atoms with Crippen LogP contribution in [0.15, 0.2) is 255 Å². The Kier molecular flexibility index (Phi) is 11.5. The minimum atomic E-state index is -0.614. The molecular formula is C75H62N4O. The number of benzene rings is 10. The van der Waals surface area contributed by atoms with E-state index in [-0.39, 0.29) is 10.8 Å². The SMILES string of the molecule is CC(C)(C)c1ccc2c(c1)-c1cc(C(C)(C)C)ccc1C2(c1ccccc1)c1ccnc(-n2c3ccccc3c3ccc(Oc4cccc(N5CN(c6c(-c7ccccc7)cccc6-c6ccccc6)c6ccccc65)c4)cc32)c1. The molecule has 0 radical (unpaired) electrons. The minimum Gasteiger partial charge on any atom is -0.457 e. The van der Waals surface area contributed by atoms with Gasteiger partial charge in [-0.25, -0.2) is 4.98 Å². The van der Waals surface area contributed by atoms with Crippen molar-refractivity contribution in [3.8, 4) is 50.7 Å². The van der Waals surface area contributed by atoms with E-state index in [4.69, 9.17) is 9.72 Å². The van der Waals surface area contributed by atoms with Gasteiger partial charge in [-0.05, 0) is 121 Å². The monoisotopic (exact) mass is 1030 g/mol. The first-order chi connectivity index (χ1) is 38.9. The van der Waals surface area contributed by atoms with Crippen LogP contribution in [0.4, 0.5) is 22.7 Å². The fraction of sp³-hybridized carbons (Fsp3) is 0.133. The molecule has 0 amide bonds. The van der Waals surface area contributed by atoms with Crippen LogP contribution in [0.25, 0.3) is 61.0 Å². The molecule has 5 heteroatoms. The van der Waals surface area contributed by atoms with Gasteiger partial charge in [0.15, 0.2) is 0 Å². The summed E-state index contributed by atoms with van der Waals surface area (Å²) in [5, 5.41) is 2.29. The van der Waals surface area contributed by atoms with Gasteiger partial charge in [-0.15, -0.1) is 0 Å². The lowest BCUT2D eigenvalue weighted by Crippen LogP contribution is -2.29. The van der Waals surface area contributed by atoms with Gasteiger partial charge in [0.25, 0.3) is 0 Å². The highest BCUT2D eigenvalue weighted by Crippen LogP contribution is 2.58. The van der Waals surface area contributed by atoms with Crippen molar-refractivity contribution in [1.82, 2.24) is 9.55 Å². The fourth-order valence-electron chi connectivity index (χ4n) is 12.8. The first-order valence-corrected chi connectivity index (χ1v) is 28.0. The summed E-state index contributed by atoms with van der Waals surface area (Å²) in [5.74, 6) is 2.34. The van der Waals surface area contributed by atoms with Crippen molar-refractivity contribution in [2.24, 2.45) is 0 Å². The zero-order chi connectivity index (χ0) is 54.3. The number of rotatable bonds is 9. The van der Waals surface area contributed by atoms with E-state index in [0.29, 0.717) is 6.67 Å². The van der Waals surface area contributed by atoms with Gasteiger partial charge in [-0.2, -0.15) is 0 Å². The summed E-state index contributed by atoms with van der Waals surface area (Å²) in [6.45, 7) is 14.5. The predicted molar refractivity (Wildman–Crippen MR) is 333 cm³/mol. The number of ether oxygens (including phenoxy) is 1. The number of pyridine rings is 1. The minimum absolute atomic E-state index is 0.0212. The van der Waals surface area contributed by atoms with Crippen molar-refractivity contribution in [3.63, 3.8) is 0 Å². The number of aromatic nitrogens is 2. The van der Waals surface area contributed by atoms with Gasteiger partial charge < -0.3 is 14.5 Å². The first kappa shape index (κ1) is 48.9. The standard InChI is InChI=1S/C75H62N4O/c1-73(2,3)53-36-40-65-63(44-53)64-45-54(74(4,5)6)37-41-66(64)75(65,52-26-14-9-15-27-52)55-42-43-76-71(46-55)79-67-33-17-16-30-61(67)62-39-38-58(48-70(62)79)80-57-29-20-28-56(47-57)77-49-78(69-35-19-18-34-68(69)77)72-59(50-22-10-7-11-23-50)31-21-32-60(72)51-24-12-8-13-25-51/h7-48H,49H2,1-6H3. The number of hydrogen-bond donors (Lipinski definition) is 0. The Morgan fingerprint density at radius 3 is 1.60 bits per heavy atom. The van der Waals surface area contributed by atoms with Gasteiger partial charge in [0, 0.05) is 45.9 Å². The van der Waals surface area contributed by atoms with E-state index in [2.05, 4.69) is 305 Å². The van der Waals surface area contributed by atoms with Crippen LogP contribution in [0, 0.1) is 0 Å². The van der Waals surface area contributed by atoms with Crippen molar-refractivity contribution in [1.29, 1.82) is 0 Å². The average Bonchev–Trinajstić information content (AvgIpc) is 4.30. The third kappa shape index (κ3) is 8.02. The molecular weight excluding hydrogens is 973 g/mol. The molecule has 10 aromatic carbocycles. The molecule has 0 bridgehead atoms. The van der Waals surface area contributed by atoms with Crippen LogP contribution in [-0.2, 0) is 16.2 Å². The van der Waals surface area contributed by atoms with E-state index in [1.54, 1.807) is 0 Å². The predicted octanol–water partition coefficient (Wildman–Crippen LogP) is 19.5. The smallest absolute Gasteiger partial charge is 0.137 e. The third-order valence-corrected chi connectivity index (χ3v) is 16.7. The molecule has 0 fully saturated rings. The largest absolute Gasteiger partial charge is 0.457 e. The molecule has 80 heavy (non-hydrogen) atoms. The summed E-state index contributed by atoms with van der Waals surface area (Å²) in [6, 6.07) is 90.7. The molecule has 388 valence electrons. The Morgan fingerprint density at radius 1 is 0.412 bits per heavy atom. The van der Waals surface area contributed by atoms with E-state index in [0.717, 1.165) is 61.7 Å². The maximum Gasteiger partial charge on any atom is 0.137 e. The van der Waals surface area contributed by atoms with Gasteiger partial charge >= 0.3 is 0 Å². The second-order valence-corrected chi connectivity index (χ2v) is 23.6. The van der Waals surface area contributed by atoms with E-state index < -0.39 is 5.41 Å². The summed E-state index contributed by atoms with van der Waals surface area (Å²) in [7, 11) is 0. The van der Waals surface area contributed by atoms with E-state index >= 15 is 0 Å². The second-order valence-electron chi connectivity index (χ2n) is 23.6. The highest BCUT2D eigenvalue weighted by molar-refractivity contribution is 6.09. The molecule has 0 unspecified atom stereocenters. The molecule has 3 heterocycles. The van der Waals surface area contributed by atoms with Crippen LogP contribution in [0.1, 0.15) is 74.9 Å². The fourth-order valence-corrected chi connectivity index (χ4v) is 12.8. The van der Waals surface area contributed by atoms with Crippen LogP contribution in [0.5, 0.6) is 11.5 Å². The summed E-state index contributed by atoms with van der Waals surface area (Å²) in [5.41, 5.74) is 20.9.